The molecule has 0 amide bonds. The summed E-state index contributed by atoms with van der Waals surface area (Å²) in [4.78, 5) is 2.53. The zero-order chi connectivity index (χ0) is 14.2. The first kappa shape index (κ1) is 15.7. The molecule has 1 aliphatic rings. The Balaban J connectivity index is 1.73. The van der Waals surface area contributed by atoms with E-state index >= 15 is 0 Å². The van der Waals surface area contributed by atoms with Gasteiger partial charge in [-0.15, -0.1) is 0 Å². The molecular formula is C16H26N2OS. The number of benzene rings is 1. The first-order chi connectivity index (χ1) is 9.81. The van der Waals surface area contributed by atoms with E-state index in [1.807, 2.05) is 13.1 Å². The summed E-state index contributed by atoms with van der Waals surface area (Å²) in [7, 11) is 1.96. The molecule has 1 saturated heterocycles. The molecule has 0 spiro atoms. The van der Waals surface area contributed by atoms with E-state index in [-0.39, 0.29) is 0 Å². The highest BCUT2D eigenvalue weighted by Gasteiger charge is 2.18. The summed E-state index contributed by atoms with van der Waals surface area (Å²) in [6.45, 7) is 7.40. The average Bonchev–Trinajstić information content (AvgIpc) is 2.48. The third-order valence-electron chi connectivity index (χ3n) is 3.63. The van der Waals surface area contributed by atoms with Crippen LogP contribution in [0.15, 0.2) is 24.3 Å². The zero-order valence-electron chi connectivity index (χ0n) is 12.6. The Morgan fingerprint density at radius 1 is 1.45 bits per heavy atom. The van der Waals surface area contributed by atoms with Gasteiger partial charge in [-0.3, -0.25) is 4.90 Å². The smallest absolute Gasteiger partial charge is 0.119 e. The Labute approximate surface area is 127 Å². The van der Waals surface area contributed by atoms with Crippen molar-refractivity contribution in [1.82, 2.24) is 10.2 Å². The van der Waals surface area contributed by atoms with Gasteiger partial charge in [0.25, 0.3) is 0 Å². The second-order valence-electron chi connectivity index (χ2n) is 5.23. The number of hydrogen-bond acceptors (Lipinski definition) is 4. The largest absolute Gasteiger partial charge is 0.492 e. The minimum Gasteiger partial charge on any atom is -0.492 e. The molecule has 20 heavy (non-hydrogen) atoms. The predicted molar refractivity (Wildman–Crippen MR) is 87.7 cm³/mol. The fourth-order valence-electron chi connectivity index (χ4n) is 2.47. The Bertz CT molecular complexity index is 400. The van der Waals surface area contributed by atoms with Crippen molar-refractivity contribution in [3.8, 4) is 5.75 Å². The third kappa shape index (κ3) is 5.00. The molecular weight excluding hydrogens is 268 g/mol. The summed E-state index contributed by atoms with van der Waals surface area (Å²) in [6, 6.07) is 8.35. The van der Waals surface area contributed by atoms with Gasteiger partial charge in [-0.2, -0.15) is 11.8 Å². The maximum absolute atomic E-state index is 5.89. The molecule has 0 radical (unpaired) electrons. The first-order valence-corrected chi connectivity index (χ1v) is 8.57. The van der Waals surface area contributed by atoms with Crippen LogP contribution in [0.3, 0.4) is 0 Å². The fourth-order valence-corrected chi connectivity index (χ4v) is 3.72. The van der Waals surface area contributed by atoms with Crippen molar-refractivity contribution in [2.45, 2.75) is 25.1 Å². The second kappa shape index (κ2) is 8.55. The van der Waals surface area contributed by atoms with Gasteiger partial charge in [0, 0.05) is 37.2 Å². The molecule has 1 aromatic carbocycles. The van der Waals surface area contributed by atoms with Crippen LogP contribution in [0, 0.1) is 0 Å². The van der Waals surface area contributed by atoms with Crippen molar-refractivity contribution in [3.05, 3.63) is 29.8 Å². The molecule has 0 aliphatic carbocycles. The van der Waals surface area contributed by atoms with Crippen LogP contribution >= 0.6 is 11.8 Å². The molecule has 0 saturated carbocycles. The second-order valence-corrected chi connectivity index (χ2v) is 6.64. The minimum absolute atomic E-state index is 0.782. The molecule has 3 nitrogen and oxygen atoms in total. The number of ether oxygens (including phenoxy) is 1. The highest BCUT2D eigenvalue weighted by molar-refractivity contribution is 8.00. The van der Waals surface area contributed by atoms with Gasteiger partial charge >= 0.3 is 0 Å². The van der Waals surface area contributed by atoms with E-state index in [9.17, 15) is 0 Å². The van der Waals surface area contributed by atoms with Crippen LogP contribution in [-0.4, -0.2) is 49.2 Å². The lowest BCUT2D eigenvalue weighted by atomic mass is 10.2. The molecule has 0 bridgehead atoms. The summed E-state index contributed by atoms with van der Waals surface area (Å²) in [6.07, 6.45) is 1.27. The molecule has 1 heterocycles. The van der Waals surface area contributed by atoms with E-state index in [1.54, 1.807) is 0 Å². The lowest BCUT2D eigenvalue weighted by Gasteiger charge is -2.31. The van der Waals surface area contributed by atoms with Crippen LogP contribution in [0.4, 0.5) is 0 Å². The van der Waals surface area contributed by atoms with E-state index in [4.69, 9.17) is 4.74 Å². The van der Waals surface area contributed by atoms with Gasteiger partial charge in [-0.05, 0) is 31.2 Å². The van der Waals surface area contributed by atoms with Gasteiger partial charge in [0.05, 0.1) is 0 Å². The molecule has 1 atom stereocenters. The summed E-state index contributed by atoms with van der Waals surface area (Å²) >= 11 is 2.11. The van der Waals surface area contributed by atoms with Crippen molar-refractivity contribution in [2.24, 2.45) is 0 Å². The molecule has 1 aliphatic heterocycles. The topological polar surface area (TPSA) is 24.5 Å². The Morgan fingerprint density at radius 3 is 3.15 bits per heavy atom. The van der Waals surface area contributed by atoms with E-state index in [0.717, 1.165) is 30.7 Å². The van der Waals surface area contributed by atoms with Gasteiger partial charge in [0.1, 0.15) is 12.4 Å². The van der Waals surface area contributed by atoms with Crippen LogP contribution in [0.1, 0.15) is 18.9 Å². The first-order valence-electron chi connectivity index (χ1n) is 7.52. The highest BCUT2D eigenvalue weighted by Crippen LogP contribution is 2.21. The third-order valence-corrected chi connectivity index (χ3v) is 5.01. The van der Waals surface area contributed by atoms with Crippen LogP contribution in [-0.2, 0) is 6.54 Å². The number of nitrogens with zero attached hydrogens (tertiary/aromatic N) is 1. The predicted octanol–water partition coefficient (Wildman–Crippen LogP) is 2.61. The lowest BCUT2D eigenvalue weighted by Crippen LogP contribution is -2.39. The molecule has 1 fully saturated rings. The van der Waals surface area contributed by atoms with E-state index in [0.29, 0.717) is 0 Å². The maximum atomic E-state index is 5.89. The lowest BCUT2D eigenvalue weighted by molar-refractivity contribution is 0.212. The van der Waals surface area contributed by atoms with Crippen molar-refractivity contribution in [1.29, 1.82) is 0 Å². The summed E-state index contributed by atoms with van der Waals surface area (Å²) in [5, 5.41) is 3.97. The van der Waals surface area contributed by atoms with Gasteiger partial charge < -0.3 is 10.1 Å². The SMILES string of the molecule is CCC1CN(CCOc2cccc(CNC)c2)CCS1. The zero-order valence-corrected chi connectivity index (χ0v) is 13.4. The van der Waals surface area contributed by atoms with Crippen LogP contribution in [0.2, 0.25) is 0 Å². The summed E-state index contributed by atoms with van der Waals surface area (Å²) in [5.41, 5.74) is 1.27. The quantitative estimate of drug-likeness (QED) is 0.835. The van der Waals surface area contributed by atoms with Crippen LogP contribution < -0.4 is 10.1 Å². The van der Waals surface area contributed by atoms with E-state index < -0.39 is 0 Å². The number of thioether (sulfide) groups is 1. The van der Waals surface area contributed by atoms with Gasteiger partial charge in [-0.1, -0.05) is 19.1 Å². The highest BCUT2D eigenvalue weighted by atomic mass is 32.2. The Morgan fingerprint density at radius 2 is 2.35 bits per heavy atom. The van der Waals surface area contributed by atoms with Crippen LogP contribution in [0.5, 0.6) is 5.75 Å². The normalized spacial score (nSPS) is 20.0. The molecule has 2 rings (SSSR count). The molecule has 1 N–H and O–H groups in total. The van der Waals surface area contributed by atoms with E-state index in [2.05, 4.69) is 47.1 Å². The van der Waals surface area contributed by atoms with Gasteiger partial charge in [0.2, 0.25) is 0 Å². The Kier molecular flexibility index (Phi) is 6.70. The van der Waals surface area contributed by atoms with Crippen molar-refractivity contribution in [2.75, 3.05) is 39.0 Å². The van der Waals surface area contributed by atoms with E-state index in [1.165, 1.54) is 30.8 Å². The number of nitrogens with one attached hydrogen (secondary N) is 1. The fraction of sp³-hybridized carbons (Fsp3) is 0.625. The van der Waals surface area contributed by atoms with Crippen molar-refractivity contribution < 1.29 is 4.74 Å². The summed E-state index contributed by atoms with van der Waals surface area (Å²) < 4.78 is 5.89. The molecule has 112 valence electrons. The standard InChI is InChI=1S/C16H26N2OS/c1-3-16-13-18(8-10-20-16)7-9-19-15-6-4-5-14(11-15)12-17-2/h4-6,11,16-17H,3,7-10,12-13H2,1-2H3. The van der Waals surface area contributed by atoms with Crippen molar-refractivity contribution >= 4 is 11.8 Å². The molecule has 1 aromatic rings. The average molecular weight is 294 g/mol. The molecule has 4 heteroatoms. The van der Waals surface area contributed by atoms with Crippen molar-refractivity contribution in [3.63, 3.8) is 0 Å². The molecule has 0 aromatic heterocycles. The summed E-state index contributed by atoms with van der Waals surface area (Å²) in [5.74, 6) is 2.24. The van der Waals surface area contributed by atoms with Crippen LogP contribution in [0.25, 0.3) is 0 Å². The number of rotatable bonds is 7. The molecule has 1 unspecified atom stereocenters. The maximum Gasteiger partial charge on any atom is 0.119 e. The minimum atomic E-state index is 0.782. The number of hydrogen-bond donors (Lipinski definition) is 1. The monoisotopic (exact) mass is 294 g/mol. The Hall–Kier alpha value is -0.710. The van der Waals surface area contributed by atoms with Gasteiger partial charge in [0.15, 0.2) is 0 Å². The van der Waals surface area contributed by atoms with Gasteiger partial charge in [-0.25, -0.2) is 0 Å².